The van der Waals surface area contributed by atoms with Crippen molar-refractivity contribution in [2.24, 2.45) is 7.05 Å². The Morgan fingerprint density at radius 3 is 2.75 bits per heavy atom. The number of rotatable bonds is 4. The summed E-state index contributed by atoms with van der Waals surface area (Å²) in [7, 11) is 2.09. The normalized spacial score (nSPS) is 17.8. The third-order valence-electron chi connectivity index (χ3n) is 4.81. The Balaban J connectivity index is 1.39. The summed E-state index contributed by atoms with van der Waals surface area (Å²) < 4.78 is 3.31. The molecule has 124 valence electrons. The molecule has 2 heterocycles. The van der Waals surface area contributed by atoms with Crippen LogP contribution in [0, 0.1) is 0 Å². The monoisotopic (exact) mass is 384 g/mol. The van der Waals surface area contributed by atoms with Gasteiger partial charge in [0.25, 0.3) is 0 Å². The molecule has 1 saturated heterocycles. The summed E-state index contributed by atoms with van der Waals surface area (Å²) in [4.78, 5) is 7.19. The lowest BCUT2D eigenvalue weighted by molar-refractivity contribution is 0.532. The predicted octanol–water partition coefficient (Wildman–Crippen LogP) is 3.70. The topological polar surface area (TPSA) is 33.1 Å². The van der Waals surface area contributed by atoms with Crippen LogP contribution in [0.3, 0.4) is 0 Å². The maximum Gasteiger partial charge on any atom is 0.123 e. The third kappa shape index (κ3) is 3.06. The van der Waals surface area contributed by atoms with E-state index < -0.39 is 0 Å². The van der Waals surface area contributed by atoms with E-state index in [1.165, 1.54) is 17.6 Å². The Morgan fingerprint density at radius 1 is 1.17 bits per heavy atom. The molecular weight excluding hydrogens is 364 g/mol. The Labute approximate surface area is 150 Å². The first-order chi connectivity index (χ1) is 11.7. The van der Waals surface area contributed by atoms with Gasteiger partial charge in [0.1, 0.15) is 5.82 Å². The number of anilines is 1. The molecule has 4 nitrogen and oxygen atoms in total. The van der Waals surface area contributed by atoms with Crippen LogP contribution in [0.25, 0.3) is 11.0 Å². The van der Waals surface area contributed by atoms with Crippen molar-refractivity contribution in [2.45, 2.75) is 19.0 Å². The van der Waals surface area contributed by atoms with Gasteiger partial charge in [0, 0.05) is 36.3 Å². The van der Waals surface area contributed by atoms with Crippen LogP contribution < -0.4 is 10.2 Å². The average Bonchev–Trinajstić information content (AvgIpc) is 3.19. The Kier molecular flexibility index (Phi) is 4.29. The van der Waals surface area contributed by atoms with Crippen LogP contribution in [-0.2, 0) is 13.6 Å². The number of fused-ring (bicyclic) bond motifs is 1. The number of nitrogens with one attached hydrogen (secondary N) is 1. The highest BCUT2D eigenvalue weighted by Crippen LogP contribution is 2.23. The highest BCUT2D eigenvalue weighted by atomic mass is 79.9. The van der Waals surface area contributed by atoms with Gasteiger partial charge in [-0.2, -0.15) is 0 Å². The number of nitrogens with zero attached hydrogens (tertiary/aromatic N) is 3. The second-order valence-electron chi connectivity index (χ2n) is 6.36. The van der Waals surface area contributed by atoms with Gasteiger partial charge in [-0.05, 0) is 42.8 Å². The highest BCUT2D eigenvalue weighted by molar-refractivity contribution is 9.10. The van der Waals surface area contributed by atoms with Gasteiger partial charge in [-0.15, -0.1) is 0 Å². The molecule has 1 aliphatic rings. The van der Waals surface area contributed by atoms with Gasteiger partial charge in [-0.25, -0.2) is 4.98 Å². The molecule has 0 amide bonds. The van der Waals surface area contributed by atoms with Crippen LogP contribution in [0.1, 0.15) is 12.2 Å². The Morgan fingerprint density at radius 2 is 1.96 bits per heavy atom. The average molecular weight is 385 g/mol. The molecule has 1 aromatic heterocycles. The quantitative estimate of drug-likeness (QED) is 0.744. The zero-order valence-corrected chi connectivity index (χ0v) is 15.3. The molecule has 1 unspecified atom stereocenters. The fraction of sp³-hybridized carbons (Fsp3) is 0.316. The van der Waals surface area contributed by atoms with Crippen LogP contribution in [-0.4, -0.2) is 28.7 Å². The second kappa shape index (κ2) is 6.57. The maximum absolute atomic E-state index is 4.74. The van der Waals surface area contributed by atoms with Crippen LogP contribution in [0.15, 0.2) is 53.0 Å². The van der Waals surface area contributed by atoms with Crippen molar-refractivity contribution >= 4 is 32.7 Å². The smallest absolute Gasteiger partial charge is 0.123 e. The van der Waals surface area contributed by atoms with Crippen LogP contribution in [0.5, 0.6) is 0 Å². The van der Waals surface area contributed by atoms with Crippen molar-refractivity contribution < 1.29 is 0 Å². The van der Waals surface area contributed by atoms with E-state index in [0.717, 1.165) is 35.4 Å². The summed E-state index contributed by atoms with van der Waals surface area (Å²) in [5.41, 5.74) is 3.56. The number of para-hydroxylation sites is 2. The van der Waals surface area contributed by atoms with Crippen molar-refractivity contribution in [2.75, 3.05) is 18.0 Å². The largest absolute Gasteiger partial charge is 0.370 e. The molecule has 0 bridgehead atoms. The lowest BCUT2D eigenvalue weighted by Gasteiger charge is -2.19. The molecule has 1 aliphatic heterocycles. The number of halogens is 1. The predicted molar refractivity (Wildman–Crippen MR) is 102 cm³/mol. The summed E-state index contributed by atoms with van der Waals surface area (Å²) in [6.45, 7) is 2.96. The molecule has 1 fully saturated rings. The molecule has 4 rings (SSSR count). The minimum Gasteiger partial charge on any atom is -0.370 e. The number of benzene rings is 2. The zero-order valence-electron chi connectivity index (χ0n) is 13.7. The van der Waals surface area contributed by atoms with E-state index in [9.17, 15) is 0 Å². The summed E-state index contributed by atoms with van der Waals surface area (Å²) in [6, 6.07) is 17.4. The number of hydrogen-bond acceptors (Lipinski definition) is 3. The fourth-order valence-corrected chi connectivity index (χ4v) is 3.67. The van der Waals surface area contributed by atoms with Gasteiger partial charge in [-0.1, -0.05) is 28.1 Å². The van der Waals surface area contributed by atoms with E-state index in [-0.39, 0.29) is 0 Å². The molecule has 24 heavy (non-hydrogen) atoms. The number of hydrogen-bond donors (Lipinski definition) is 1. The lowest BCUT2D eigenvalue weighted by Crippen LogP contribution is -2.32. The SMILES string of the molecule is Cn1c(CNC2CCN(c3ccc(Br)cc3)C2)nc2ccccc21. The van der Waals surface area contributed by atoms with Gasteiger partial charge in [0.2, 0.25) is 0 Å². The molecule has 3 aromatic rings. The molecule has 1 N–H and O–H groups in total. The highest BCUT2D eigenvalue weighted by Gasteiger charge is 2.22. The molecule has 2 aromatic carbocycles. The van der Waals surface area contributed by atoms with Gasteiger partial charge in [0.05, 0.1) is 17.6 Å². The summed E-state index contributed by atoms with van der Waals surface area (Å²) in [6.07, 6.45) is 1.17. The first-order valence-corrected chi connectivity index (χ1v) is 9.14. The Bertz CT molecular complexity index is 840. The summed E-state index contributed by atoms with van der Waals surface area (Å²) >= 11 is 3.50. The van der Waals surface area contributed by atoms with E-state index in [1.807, 2.05) is 6.07 Å². The molecule has 0 radical (unpaired) electrons. The zero-order chi connectivity index (χ0) is 16.5. The molecule has 5 heteroatoms. The number of aryl methyl sites for hydroxylation is 1. The second-order valence-corrected chi connectivity index (χ2v) is 7.28. The lowest BCUT2D eigenvalue weighted by atomic mass is 10.2. The van der Waals surface area contributed by atoms with E-state index in [4.69, 9.17) is 4.98 Å². The standard InChI is InChI=1S/C19H21BrN4/c1-23-18-5-3-2-4-17(18)22-19(23)12-21-15-10-11-24(13-15)16-8-6-14(20)7-9-16/h2-9,15,21H,10-13H2,1H3. The van der Waals surface area contributed by atoms with E-state index in [2.05, 4.69) is 80.2 Å². The van der Waals surface area contributed by atoms with Crippen LogP contribution in [0.4, 0.5) is 5.69 Å². The van der Waals surface area contributed by atoms with Gasteiger partial charge in [-0.3, -0.25) is 0 Å². The molecule has 0 saturated carbocycles. The van der Waals surface area contributed by atoms with E-state index in [1.54, 1.807) is 0 Å². The van der Waals surface area contributed by atoms with Gasteiger partial charge < -0.3 is 14.8 Å². The van der Waals surface area contributed by atoms with Gasteiger partial charge in [0.15, 0.2) is 0 Å². The molecular formula is C19H21BrN4. The van der Waals surface area contributed by atoms with E-state index >= 15 is 0 Å². The van der Waals surface area contributed by atoms with Crippen molar-refractivity contribution in [3.05, 3.63) is 58.8 Å². The van der Waals surface area contributed by atoms with Crippen molar-refractivity contribution in [1.29, 1.82) is 0 Å². The maximum atomic E-state index is 4.74. The molecule has 0 spiro atoms. The van der Waals surface area contributed by atoms with Crippen molar-refractivity contribution in [3.8, 4) is 0 Å². The summed E-state index contributed by atoms with van der Waals surface area (Å²) in [5.74, 6) is 1.10. The van der Waals surface area contributed by atoms with E-state index in [0.29, 0.717) is 6.04 Å². The number of imidazole rings is 1. The minimum absolute atomic E-state index is 0.508. The van der Waals surface area contributed by atoms with Crippen LogP contribution >= 0.6 is 15.9 Å². The van der Waals surface area contributed by atoms with Gasteiger partial charge >= 0.3 is 0 Å². The van der Waals surface area contributed by atoms with Crippen LogP contribution in [0.2, 0.25) is 0 Å². The third-order valence-corrected chi connectivity index (χ3v) is 5.34. The van der Waals surface area contributed by atoms with Crippen molar-refractivity contribution in [3.63, 3.8) is 0 Å². The first-order valence-electron chi connectivity index (χ1n) is 8.35. The van der Waals surface area contributed by atoms with Crippen molar-refractivity contribution in [1.82, 2.24) is 14.9 Å². The fourth-order valence-electron chi connectivity index (χ4n) is 3.40. The molecule has 1 atom stereocenters. The molecule has 0 aliphatic carbocycles. The Hall–Kier alpha value is -1.85. The number of aromatic nitrogens is 2. The summed E-state index contributed by atoms with van der Waals surface area (Å²) in [5, 5.41) is 3.68. The first kappa shape index (κ1) is 15.7. The minimum atomic E-state index is 0.508.